The molecule has 2 aromatic carbocycles. The van der Waals surface area contributed by atoms with Crippen LogP contribution in [0.5, 0.6) is 0 Å². The fourth-order valence-corrected chi connectivity index (χ4v) is 3.52. The lowest BCUT2D eigenvalue weighted by Crippen LogP contribution is -2.13. The van der Waals surface area contributed by atoms with Crippen molar-refractivity contribution in [2.24, 2.45) is 7.05 Å². The molecule has 1 N–H and O–H groups in total. The van der Waals surface area contributed by atoms with Crippen LogP contribution in [-0.4, -0.2) is 13.0 Å². The minimum Gasteiger partial charge on any atom is -0.408 e. The van der Waals surface area contributed by atoms with Gasteiger partial charge in [0.2, 0.25) is 0 Å². The van der Waals surface area contributed by atoms with Crippen LogP contribution < -0.4 is 10.5 Å². The van der Waals surface area contributed by atoms with Crippen molar-refractivity contribution in [2.75, 3.05) is 4.72 Å². The van der Waals surface area contributed by atoms with Gasteiger partial charge in [0.1, 0.15) is 0 Å². The first-order valence-corrected chi connectivity index (χ1v) is 8.53. The summed E-state index contributed by atoms with van der Waals surface area (Å²) in [4.78, 5) is 11.5. The molecule has 0 aliphatic rings. The normalized spacial score (nSPS) is 11.8. The van der Waals surface area contributed by atoms with Crippen molar-refractivity contribution in [1.82, 2.24) is 4.57 Å². The molecule has 0 unspecified atom stereocenters. The summed E-state index contributed by atoms with van der Waals surface area (Å²) in [6, 6.07) is 9.23. The van der Waals surface area contributed by atoms with E-state index in [0.717, 1.165) is 0 Å². The zero-order valence-corrected chi connectivity index (χ0v) is 13.9. The summed E-state index contributed by atoms with van der Waals surface area (Å²) in [5, 5.41) is 0.467. The maximum atomic E-state index is 12.5. The standard InChI is InChI=1S/C15H13ClN2O4S/c1-9-11(16)4-3-5-12(9)17-23(20,21)10-6-7-13-14(8-10)22-15(19)18(13)2/h3-8,17H,1-2H3. The Morgan fingerprint density at radius 3 is 2.70 bits per heavy atom. The van der Waals surface area contributed by atoms with Gasteiger partial charge in [-0.15, -0.1) is 0 Å². The van der Waals surface area contributed by atoms with Crippen LogP contribution in [0.1, 0.15) is 5.56 Å². The number of nitrogens with zero attached hydrogens (tertiary/aromatic N) is 1. The van der Waals surface area contributed by atoms with Crippen LogP contribution in [-0.2, 0) is 17.1 Å². The van der Waals surface area contributed by atoms with Crippen LogP contribution in [0, 0.1) is 6.92 Å². The van der Waals surface area contributed by atoms with Crippen LogP contribution in [0.4, 0.5) is 5.69 Å². The summed E-state index contributed by atoms with van der Waals surface area (Å²) in [5.74, 6) is -0.548. The van der Waals surface area contributed by atoms with E-state index in [9.17, 15) is 13.2 Å². The molecule has 120 valence electrons. The SMILES string of the molecule is Cc1c(Cl)cccc1NS(=O)(=O)c1ccc2c(c1)oc(=O)n2C. The summed E-state index contributed by atoms with van der Waals surface area (Å²) in [6.45, 7) is 1.72. The molecule has 8 heteroatoms. The highest BCUT2D eigenvalue weighted by molar-refractivity contribution is 7.92. The molecule has 0 aliphatic carbocycles. The van der Waals surface area contributed by atoms with E-state index in [1.54, 1.807) is 32.2 Å². The van der Waals surface area contributed by atoms with Crippen molar-refractivity contribution < 1.29 is 12.8 Å². The van der Waals surface area contributed by atoms with Crippen molar-refractivity contribution in [3.63, 3.8) is 0 Å². The van der Waals surface area contributed by atoms with Gasteiger partial charge in [-0.2, -0.15) is 0 Å². The molecule has 23 heavy (non-hydrogen) atoms. The molecular formula is C15H13ClN2O4S. The molecule has 0 aliphatic heterocycles. The van der Waals surface area contributed by atoms with Gasteiger partial charge in [0.05, 0.1) is 16.1 Å². The molecule has 0 bridgehead atoms. The van der Waals surface area contributed by atoms with Crippen LogP contribution in [0.25, 0.3) is 11.1 Å². The lowest BCUT2D eigenvalue weighted by atomic mass is 10.2. The highest BCUT2D eigenvalue weighted by Gasteiger charge is 2.18. The van der Waals surface area contributed by atoms with E-state index in [-0.39, 0.29) is 10.5 Å². The molecule has 0 radical (unpaired) electrons. The molecule has 6 nitrogen and oxygen atoms in total. The molecule has 0 saturated carbocycles. The van der Waals surface area contributed by atoms with Crippen molar-refractivity contribution in [3.05, 3.63) is 57.5 Å². The Morgan fingerprint density at radius 1 is 1.22 bits per heavy atom. The quantitative estimate of drug-likeness (QED) is 0.785. The number of nitrogens with one attached hydrogen (secondary N) is 1. The number of rotatable bonds is 3. The first-order chi connectivity index (χ1) is 10.8. The predicted molar refractivity (Wildman–Crippen MR) is 88.5 cm³/mol. The number of hydrogen-bond donors (Lipinski definition) is 1. The second-order valence-corrected chi connectivity index (χ2v) is 7.16. The molecule has 0 atom stereocenters. The van der Waals surface area contributed by atoms with E-state index in [1.165, 1.54) is 22.8 Å². The molecule has 0 fully saturated rings. The number of fused-ring (bicyclic) bond motifs is 1. The Morgan fingerprint density at radius 2 is 1.96 bits per heavy atom. The highest BCUT2D eigenvalue weighted by Crippen LogP contribution is 2.26. The second kappa shape index (κ2) is 5.43. The van der Waals surface area contributed by atoms with Gasteiger partial charge >= 0.3 is 5.76 Å². The molecule has 1 heterocycles. The zero-order valence-electron chi connectivity index (χ0n) is 12.3. The van der Waals surface area contributed by atoms with Crippen molar-refractivity contribution >= 4 is 38.4 Å². The van der Waals surface area contributed by atoms with E-state index in [1.807, 2.05) is 0 Å². The highest BCUT2D eigenvalue weighted by atomic mass is 35.5. The van der Waals surface area contributed by atoms with Gasteiger partial charge in [-0.3, -0.25) is 9.29 Å². The minimum absolute atomic E-state index is 0.00118. The first-order valence-electron chi connectivity index (χ1n) is 6.67. The number of aryl methyl sites for hydroxylation is 1. The number of halogens is 1. The fourth-order valence-electron chi connectivity index (χ4n) is 2.20. The zero-order chi connectivity index (χ0) is 16.8. The number of benzene rings is 2. The first kappa shape index (κ1) is 15.6. The van der Waals surface area contributed by atoms with E-state index in [4.69, 9.17) is 16.0 Å². The topological polar surface area (TPSA) is 81.3 Å². The number of sulfonamides is 1. The molecule has 1 aromatic heterocycles. The molecule has 0 spiro atoms. The van der Waals surface area contributed by atoms with Gasteiger partial charge in [0, 0.05) is 18.1 Å². The van der Waals surface area contributed by atoms with Gasteiger partial charge in [-0.25, -0.2) is 13.2 Å². The third-order valence-corrected chi connectivity index (χ3v) is 5.36. The average Bonchev–Trinajstić information content (AvgIpc) is 2.78. The third-order valence-electron chi connectivity index (χ3n) is 3.59. The van der Waals surface area contributed by atoms with E-state index in [0.29, 0.717) is 21.8 Å². The maximum Gasteiger partial charge on any atom is 0.419 e. The Labute approximate surface area is 137 Å². The summed E-state index contributed by atoms with van der Waals surface area (Å²) in [6.07, 6.45) is 0. The molecule has 0 amide bonds. The van der Waals surface area contributed by atoms with Crippen LogP contribution in [0.3, 0.4) is 0 Å². The molecule has 0 saturated heterocycles. The lowest BCUT2D eigenvalue weighted by molar-refractivity contribution is 0.527. The van der Waals surface area contributed by atoms with Crippen LogP contribution in [0.15, 0.2) is 50.5 Å². The molecular weight excluding hydrogens is 340 g/mol. The summed E-state index contributed by atoms with van der Waals surface area (Å²) < 4.78 is 33.9. The largest absolute Gasteiger partial charge is 0.419 e. The number of hydrogen-bond acceptors (Lipinski definition) is 4. The minimum atomic E-state index is -3.83. The smallest absolute Gasteiger partial charge is 0.408 e. The Balaban J connectivity index is 2.06. The number of aromatic nitrogens is 1. The molecule has 3 aromatic rings. The Bertz CT molecular complexity index is 1070. The number of oxazole rings is 1. The average molecular weight is 353 g/mol. The summed E-state index contributed by atoms with van der Waals surface area (Å²) in [7, 11) is -2.28. The monoisotopic (exact) mass is 352 g/mol. The van der Waals surface area contributed by atoms with Gasteiger partial charge in [0.25, 0.3) is 10.0 Å². The maximum absolute atomic E-state index is 12.5. The number of anilines is 1. The molecule has 3 rings (SSSR count). The third kappa shape index (κ3) is 2.73. The van der Waals surface area contributed by atoms with Crippen molar-refractivity contribution in [3.8, 4) is 0 Å². The van der Waals surface area contributed by atoms with Crippen molar-refractivity contribution in [1.29, 1.82) is 0 Å². The van der Waals surface area contributed by atoms with E-state index < -0.39 is 15.8 Å². The Kier molecular flexibility index (Phi) is 3.69. The van der Waals surface area contributed by atoms with E-state index >= 15 is 0 Å². The second-order valence-electron chi connectivity index (χ2n) is 5.07. The van der Waals surface area contributed by atoms with Crippen molar-refractivity contribution in [2.45, 2.75) is 11.8 Å². The van der Waals surface area contributed by atoms with Gasteiger partial charge in [-0.1, -0.05) is 17.7 Å². The predicted octanol–water partition coefficient (Wildman–Crippen LogP) is 2.89. The summed E-state index contributed by atoms with van der Waals surface area (Å²) in [5.41, 5.74) is 1.76. The van der Waals surface area contributed by atoms with Gasteiger partial charge < -0.3 is 4.42 Å². The Hall–Kier alpha value is -2.25. The van der Waals surface area contributed by atoms with E-state index in [2.05, 4.69) is 4.72 Å². The summed E-state index contributed by atoms with van der Waals surface area (Å²) >= 11 is 6.00. The fraction of sp³-hybridized carbons (Fsp3) is 0.133. The van der Waals surface area contributed by atoms with Crippen LogP contribution >= 0.6 is 11.6 Å². The lowest BCUT2D eigenvalue weighted by Gasteiger charge is -2.11. The van der Waals surface area contributed by atoms with Crippen LogP contribution in [0.2, 0.25) is 5.02 Å². The van der Waals surface area contributed by atoms with Gasteiger partial charge in [-0.05, 0) is 36.8 Å². The van der Waals surface area contributed by atoms with Gasteiger partial charge in [0.15, 0.2) is 5.58 Å².